The van der Waals surface area contributed by atoms with Crippen molar-refractivity contribution < 1.29 is 13.9 Å². The summed E-state index contributed by atoms with van der Waals surface area (Å²) in [6.45, 7) is 2.31. The lowest BCUT2D eigenvalue weighted by molar-refractivity contribution is 0.103. The number of benzene rings is 1. The summed E-state index contributed by atoms with van der Waals surface area (Å²) in [7, 11) is 0. The molecule has 3 nitrogen and oxygen atoms in total. The molecule has 2 rings (SSSR count). The molecule has 0 bridgehead atoms. The van der Waals surface area contributed by atoms with E-state index in [4.69, 9.17) is 4.74 Å². The van der Waals surface area contributed by atoms with Crippen LogP contribution in [0.15, 0.2) is 41.1 Å². The molecule has 1 aromatic heterocycles. The van der Waals surface area contributed by atoms with Crippen LogP contribution in [0.5, 0.6) is 5.75 Å². The number of ether oxygens (including phenoxy) is 1. The predicted molar refractivity (Wildman–Crippen MR) is 72.9 cm³/mol. The molecule has 0 fully saturated rings. The van der Waals surface area contributed by atoms with E-state index in [1.54, 1.807) is 12.1 Å². The molecule has 98 valence electrons. The van der Waals surface area contributed by atoms with Gasteiger partial charge in [-0.05, 0) is 31.2 Å². The molecule has 0 unspecified atom stereocenters. The Bertz CT molecular complexity index is 616. The first-order chi connectivity index (χ1) is 9.11. The number of hydrogen-bond acceptors (Lipinski definition) is 3. The number of carbonyl (C=O) groups is 1. The number of ketones is 1. The van der Waals surface area contributed by atoms with Crippen LogP contribution in [0.1, 0.15) is 22.8 Å². The Morgan fingerprint density at radius 3 is 2.84 bits per heavy atom. The lowest BCUT2D eigenvalue weighted by Gasteiger charge is -2.06. The molecule has 0 saturated carbocycles. The maximum atomic E-state index is 13.7. The van der Waals surface area contributed by atoms with E-state index in [9.17, 15) is 9.18 Å². The summed E-state index contributed by atoms with van der Waals surface area (Å²) in [6.07, 6.45) is 2.91. The fourth-order valence-electron chi connectivity index (χ4n) is 1.62. The third kappa shape index (κ3) is 3.17. The Hall–Kier alpha value is -1.75. The third-order valence-electron chi connectivity index (χ3n) is 2.46. The highest BCUT2D eigenvalue weighted by Crippen LogP contribution is 2.20. The summed E-state index contributed by atoms with van der Waals surface area (Å²) in [5.74, 6) is -0.494. The van der Waals surface area contributed by atoms with Crippen LogP contribution >= 0.6 is 15.9 Å². The van der Waals surface area contributed by atoms with Crippen molar-refractivity contribution in [3.05, 3.63) is 58.1 Å². The van der Waals surface area contributed by atoms with Gasteiger partial charge in [-0.1, -0.05) is 15.9 Å². The number of hydrogen-bond donors (Lipinski definition) is 0. The standard InChI is InChI=1S/C14H11BrFNO2/c1-2-19-11-5-9(7-17-8-11)14(18)12-4-3-10(15)6-13(12)16/h3-8H,2H2,1H3. The van der Waals surface area contributed by atoms with Gasteiger partial charge in [0.05, 0.1) is 18.4 Å². The summed E-state index contributed by atoms with van der Waals surface area (Å²) < 4.78 is 19.6. The summed E-state index contributed by atoms with van der Waals surface area (Å²) in [4.78, 5) is 16.1. The average Bonchev–Trinajstić information content (AvgIpc) is 2.39. The first-order valence-corrected chi connectivity index (χ1v) is 6.48. The van der Waals surface area contributed by atoms with E-state index in [1.165, 1.54) is 24.5 Å². The molecule has 0 aliphatic rings. The Labute approximate surface area is 118 Å². The van der Waals surface area contributed by atoms with Gasteiger partial charge in [-0.15, -0.1) is 0 Å². The van der Waals surface area contributed by atoms with Gasteiger partial charge in [0.15, 0.2) is 5.78 Å². The van der Waals surface area contributed by atoms with Gasteiger partial charge in [0, 0.05) is 16.2 Å². The van der Waals surface area contributed by atoms with Crippen LogP contribution in [-0.4, -0.2) is 17.4 Å². The molecule has 0 aliphatic heterocycles. The second kappa shape index (κ2) is 5.93. The van der Waals surface area contributed by atoms with Crippen LogP contribution in [0.2, 0.25) is 0 Å². The molecule has 0 amide bonds. The molecule has 19 heavy (non-hydrogen) atoms. The van der Waals surface area contributed by atoms with Crippen LogP contribution in [-0.2, 0) is 0 Å². The average molecular weight is 324 g/mol. The number of nitrogens with zero attached hydrogens (tertiary/aromatic N) is 1. The van der Waals surface area contributed by atoms with Gasteiger partial charge >= 0.3 is 0 Å². The highest BCUT2D eigenvalue weighted by Gasteiger charge is 2.15. The lowest BCUT2D eigenvalue weighted by atomic mass is 10.0. The smallest absolute Gasteiger partial charge is 0.197 e. The third-order valence-corrected chi connectivity index (χ3v) is 2.96. The normalized spacial score (nSPS) is 10.3. The summed E-state index contributed by atoms with van der Waals surface area (Å²) >= 11 is 3.15. The van der Waals surface area contributed by atoms with Crippen molar-refractivity contribution in [1.82, 2.24) is 4.98 Å². The highest BCUT2D eigenvalue weighted by atomic mass is 79.9. The van der Waals surface area contributed by atoms with E-state index in [-0.39, 0.29) is 5.56 Å². The first kappa shape index (κ1) is 13.7. The van der Waals surface area contributed by atoms with Crippen molar-refractivity contribution in [2.45, 2.75) is 6.92 Å². The molecule has 0 saturated heterocycles. The molecule has 0 aliphatic carbocycles. The van der Waals surface area contributed by atoms with Gasteiger partial charge in [0.1, 0.15) is 11.6 Å². The van der Waals surface area contributed by atoms with Gasteiger partial charge in [-0.25, -0.2) is 4.39 Å². The largest absolute Gasteiger partial charge is 0.492 e. The lowest BCUT2D eigenvalue weighted by Crippen LogP contribution is -2.05. The molecular formula is C14H11BrFNO2. The Morgan fingerprint density at radius 2 is 2.16 bits per heavy atom. The maximum Gasteiger partial charge on any atom is 0.197 e. The number of rotatable bonds is 4. The van der Waals surface area contributed by atoms with Crippen molar-refractivity contribution >= 4 is 21.7 Å². The molecule has 1 heterocycles. The van der Waals surface area contributed by atoms with Gasteiger partial charge in [0.25, 0.3) is 0 Å². The van der Waals surface area contributed by atoms with Crippen molar-refractivity contribution in [3.8, 4) is 5.75 Å². The Balaban J connectivity index is 2.35. The zero-order valence-electron chi connectivity index (χ0n) is 10.2. The minimum absolute atomic E-state index is 0.0126. The van der Waals surface area contributed by atoms with Crippen molar-refractivity contribution in [3.63, 3.8) is 0 Å². The van der Waals surface area contributed by atoms with E-state index in [0.717, 1.165) is 0 Å². The van der Waals surface area contributed by atoms with Crippen LogP contribution in [0.3, 0.4) is 0 Å². The molecule has 0 N–H and O–H groups in total. The monoisotopic (exact) mass is 323 g/mol. The predicted octanol–water partition coefficient (Wildman–Crippen LogP) is 3.61. The molecule has 2 aromatic rings. The zero-order valence-corrected chi connectivity index (χ0v) is 11.8. The molecule has 0 atom stereocenters. The van der Waals surface area contributed by atoms with Crippen LogP contribution in [0, 0.1) is 5.82 Å². The van der Waals surface area contributed by atoms with Gasteiger partial charge < -0.3 is 4.74 Å². The van der Waals surface area contributed by atoms with Gasteiger partial charge in [0.2, 0.25) is 0 Å². The molecular weight excluding hydrogens is 313 g/mol. The van der Waals surface area contributed by atoms with Crippen molar-refractivity contribution in [2.24, 2.45) is 0 Å². The van der Waals surface area contributed by atoms with Crippen LogP contribution < -0.4 is 4.74 Å². The summed E-state index contributed by atoms with van der Waals surface area (Å²) in [5.41, 5.74) is 0.311. The van der Waals surface area contributed by atoms with E-state index in [2.05, 4.69) is 20.9 Å². The Morgan fingerprint density at radius 1 is 1.37 bits per heavy atom. The number of carbonyl (C=O) groups excluding carboxylic acids is 1. The number of aromatic nitrogens is 1. The van der Waals surface area contributed by atoms with Crippen LogP contribution in [0.25, 0.3) is 0 Å². The van der Waals surface area contributed by atoms with Crippen LogP contribution in [0.4, 0.5) is 4.39 Å². The quantitative estimate of drug-likeness (QED) is 0.807. The fourth-order valence-corrected chi connectivity index (χ4v) is 1.95. The topological polar surface area (TPSA) is 39.2 Å². The molecule has 0 spiro atoms. The molecule has 1 aromatic carbocycles. The van der Waals surface area contributed by atoms with E-state index >= 15 is 0 Å². The minimum Gasteiger partial charge on any atom is -0.492 e. The SMILES string of the molecule is CCOc1cncc(C(=O)c2ccc(Br)cc2F)c1. The van der Waals surface area contributed by atoms with Gasteiger partial charge in [-0.2, -0.15) is 0 Å². The second-order valence-electron chi connectivity index (χ2n) is 3.80. The first-order valence-electron chi connectivity index (χ1n) is 5.69. The zero-order chi connectivity index (χ0) is 13.8. The number of pyridine rings is 1. The Kier molecular flexibility index (Phi) is 4.27. The molecule has 5 heteroatoms. The fraction of sp³-hybridized carbons (Fsp3) is 0.143. The maximum absolute atomic E-state index is 13.7. The van der Waals surface area contributed by atoms with E-state index < -0.39 is 11.6 Å². The van der Waals surface area contributed by atoms with E-state index in [1.807, 2.05) is 6.92 Å². The number of halogens is 2. The van der Waals surface area contributed by atoms with E-state index in [0.29, 0.717) is 22.4 Å². The summed E-state index contributed by atoms with van der Waals surface area (Å²) in [5, 5.41) is 0. The minimum atomic E-state index is -0.568. The van der Waals surface area contributed by atoms with Crippen molar-refractivity contribution in [2.75, 3.05) is 6.61 Å². The van der Waals surface area contributed by atoms with Crippen molar-refractivity contribution in [1.29, 1.82) is 0 Å². The highest BCUT2D eigenvalue weighted by molar-refractivity contribution is 9.10. The summed E-state index contributed by atoms with van der Waals surface area (Å²) in [6, 6.07) is 5.87. The second-order valence-corrected chi connectivity index (χ2v) is 4.71. The van der Waals surface area contributed by atoms with Gasteiger partial charge in [-0.3, -0.25) is 9.78 Å². The molecule has 0 radical (unpaired) electrons.